The summed E-state index contributed by atoms with van der Waals surface area (Å²) in [7, 11) is -3.73. The van der Waals surface area contributed by atoms with E-state index >= 15 is 0 Å². The van der Waals surface area contributed by atoms with Gasteiger partial charge in [0.15, 0.2) is 0 Å². The molecule has 18 heavy (non-hydrogen) atoms. The lowest BCUT2D eigenvalue weighted by molar-refractivity contribution is 0.598. The molecule has 0 saturated carbocycles. The number of nitrogens with zero attached hydrogens (tertiary/aromatic N) is 1. The zero-order chi connectivity index (χ0) is 13.2. The van der Waals surface area contributed by atoms with Gasteiger partial charge >= 0.3 is 0 Å². The molecule has 1 aromatic carbocycles. The van der Waals surface area contributed by atoms with Crippen molar-refractivity contribution in [3.05, 3.63) is 36.4 Å². The SMILES string of the molecule is Nc1cc(S(N)(=O)=O)ccc1NCc1ncc[nH]1. The van der Waals surface area contributed by atoms with Crippen molar-refractivity contribution >= 4 is 21.4 Å². The van der Waals surface area contributed by atoms with Crippen LogP contribution in [0, 0.1) is 0 Å². The van der Waals surface area contributed by atoms with E-state index in [1.165, 1.54) is 12.1 Å². The largest absolute Gasteiger partial charge is 0.397 e. The van der Waals surface area contributed by atoms with Gasteiger partial charge in [-0.2, -0.15) is 0 Å². The molecule has 0 aliphatic rings. The molecule has 1 aromatic heterocycles. The minimum absolute atomic E-state index is 0.0106. The highest BCUT2D eigenvalue weighted by Crippen LogP contribution is 2.22. The molecule has 8 heteroatoms. The van der Waals surface area contributed by atoms with Crippen LogP contribution in [0.25, 0.3) is 0 Å². The Bertz CT molecular complexity index is 636. The Kier molecular flexibility index (Phi) is 3.21. The molecule has 1 heterocycles. The standard InChI is InChI=1S/C10H13N5O2S/c11-8-5-7(18(12,16)17)1-2-9(8)15-6-10-13-3-4-14-10/h1-5,15H,6,11H2,(H,13,14)(H2,12,16,17). The average Bonchev–Trinajstić information content (AvgIpc) is 2.79. The van der Waals surface area contributed by atoms with Crippen molar-refractivity contribution in [2.75, 3.05) is 11.1 Å². The minimum Gasteiger partial charge on any atom is -0.397 e. The van der Waals surface area contributed by atoms with E-state index in [0.717, 1.165) is 5.82 Å². The van der Waals surface area contributed by atoms with Crippen molar-refractivity contribution in [3.8, 4) is 0 Å². The fraction of sp³-hybridized carbons (Fsp3) is 0.100. The maximum absolute atomic E-state index is 11.1. The fourth-order valence-electron chi connectivity index (χ4n) is 1.45. The van der Waals surface area contributed by atoms with Crippen LogP contribution in [0.2, 0.25) is 0 Å². The molecule has 0 aliphatic carbocycles. The Morgan fingerprint density at radius 2 is 2.17 bits per heavy atom. The number of nitrogens with two attached hydrogens (primary N) is 2. The Labute approximate surface area is 104 Å². The lowest BCUT2D eigenvalue weighted by Gasteiger charge is -2.09. The summed E-state index contributed by atoms with van der Waals surface area (Å²) in [6.45, 7) is 0.464. The summed E-state index contributed by atoms with van der Waals surface area (Å²) >= 11 is 0. The second kappa shape index (κ2) is 4.67. The third-order valence-corrected chi connectivity index (χ3v) is 3.26. The number of H-pyrrole nitrogens is 1. The number of imidazole rings is 1. The van der Waals surface area contributed by atoms with Crippen LogP contribution in [0.3, 0.4) is 0 Å². The molecule has 0 atom stereocenters. The predicted molar refractivity (Wildman–Crippen MR) is 68.1 cm³/mol. The number of benzene rings is 1. The normalized spacial score (nSPS) is 11.4. The van der Waals surface area contributed by atoms with E-state index in [4.69, 9.17) is 10.9 Å². The summed E-state index contributed by atoms with van der Waals surface area (Å²) in [4.78, 5) is 6.96. The maximum atomic E-state index is 11.1. The predicted octanol–water partition coefficient (Wildman–Crippen LogP) is 0.251. The Hall–Kier alpha value is -2.06. The van der Waals surface area contributed by atoms with Crippen LogP contribution in [-0.4, -0.2) is 18.4 Å². The first-order valence-corrected chi connectivity index (χ1v) is 6.66. The number of anilines is 2. The number of aromatic amines is 1. The van der Waals surface area contributed by atoms with Crippen LogP contribution in [0.4, 0.5) is 11.4 Å². The molecule has 6 N–H and O–H groups in total. The van der Waals surface area contributed by atoms with Crippen LogP contribution in [-0.2, 0) is 16.6 Å². The highest BCUT2D eigenvalue weighted by atomic mass is 32.2. The van der Waals surface area contributed by atoms with Crippen molar-refractivity contribution in [3.63, 3.8) is 0 Å². The maximum Gasteiger partial charge on any atom is 0.238 e. The molecule has 0 amide bonds. The summed E-state index contributed by atoms with van der Waals surface area (Å²) < 4.78 is 22.3. The van der Waals surface area contributed by atoms with Gasteiger partial charge in [0.05, 0.1) is 22.8 Å². The Balaban J connectivity index is 2.15. The molecule has 0 spiro atoms. The molecule has 0 fully saturated rings. The van der Waals surface area contributed by atoms with Gasteiger partial charge in [-0.15, -0.1) is 0 Å². The second-order valence-electron chi connectivity index (χ2n) is 3.68. The molecule has 0 radical (unpaired) electrons. The number of nitrogens with one attached hydrogen (secondary N) is 2. The summed E-state index contributed by atoms with van der Waals surface area (Å²) in [5.41, 5.74) is 6.68. The first kappa shape index (κ1) is 12.4. The van der Waals surface area contributed by atoms with Gasteiger partial charge in [-0.1, -0.05) is 0 Å². The number of sulfonamides is 1. The van der Waals surface area contributed by atoms with Crippen LogP contribution in [0.15, 0.2) is 35.5 Å². The van der Waals surface area contributed by atoms with Gasteiger partial charge in [-0.3, -0.25) is 0 Å². The van der Waals surface area contributed by atoms with Gasteiger partial charge < -0.3 is 16.0 Å². The van der Waals surface area contributed by atoms with Gasteiger partial charge in [0.2, 0.25) is 10.0 Å². The molecule has 2 rings (SSSR count). The van der Waals surface area contributed by atoms with E-state index in [2.05, 4.69) is 15.3 Å². The van der Waals surface area contributed by atoms with E-state index in [1.54, 1.807) is 18.5 Å². The number of nitrogen functional groups attached to an aromatic ring is 1. The number of aromatic nitrogens is 2. The molecular formula is C10H13N5O2S. The van der Waals surface area contributed by atoms with Gasteiger partial charge in [0.1, 0.15) is 5.82 Å². The van der Waals surface area contributed by atoms with Crippen LogP contribution < -0.4 is 16.2 Å². The van der Waals surface area contributed by atoms with Gasteiger partial charge in [-0.05, 0) is 18.2 Å². The van der Waals surface area contributed by atoms with Crippen molar-refractivity contribution in [2.45, 2.75) is 11.4 Å². The van der Waals surface area contributed by atoms with Gasteiger partial charge in [0.25, 0.3) is 0 Å². The van der Waals surface area contributed by atoms with E-state index in [0.29, 0.717) is 17.9 Å². The van der Waals surface area contributed by atoms with Crippen LogP contribution in [0.5, 0.6) is 0 Å². The molecule has 0 saturated heterocycles. The lowest BCUT2D eigenvalue weighted by atomic mass is 10.2. The summed E-state index contributed by atoms with van der Waals surface area (Å²) in [5.74, 6) is 0.755. The third kappa shape index (κ3) is 2.79. The van der Waals surface area contributed by atoms with Crippen molar-refractivity contribution in [2.24, 2.45) is 5.14 Å². The molecule has 0 unspecified atom stereocenters. The molecule has 2 aromatic rings. The van der Waals surface area contributed by atoms with E-state index in [1.807, 2.05) is 0 Å². The monoisotopic (exact) mass is 267 g/mol. The minimum atomic E-state index is -3.73. The lowest BCUT2D eigenvalue weighted by Crippen LogP contribution is -2.13. The smallest absolute Gasteiger partial charge is 0.238 e. The van der Waals surface area contributed by atoms with E-state index in [-0.39, 0.29) is 4.90 Å². The first-order chi connectivity index (χ1) is 8.47. The quantitative estimate of drug-likeness (QED) is 0.590. The molecular weight excluding hydrogens is 254 g/mol. The summed E-state index contributed by atoms with van der Waals surface area (Å²) in [6.07, 6.45) is 3.36. The van der Waals surface area contributed by atoms with Gasteiger partial charge in [-0.25, -0.2) is 18.5 Å². The average molecular weight is 267 g/mol. The third-order valence-electron chi connectivity index (χ3n) is 2.35. The summed E-state index contributed by atoms with van der Waals surface area (Å²) in [5, 5.41) is 8.05. The Morgan fingerprint density at radius 1 is 1.39 bits per heavy atom. The highest BCUT2D eigenvalue weighted by Gasteiger charge is 2.09. The fourth-order valence-corrected chi connectivity index (χ4v) is 2.00. The number of hydrogen-bond acceptors (Lipinski definition) is 5. The first-order valence-electron chi connectivity index (χ1n) is 5.11. The van der Waals surface area contributed by atoms with E-state index < -0.39 is 10.0 Å². The second-order valence-corrected chi connectivity index (χ2v) is 5.24. The molecule has 0 bridgehead atoms. The summed E-state index contributed by atoms with van der Waals surface area (Å²) in [6, 6.07) is 4.29. The molecule has 96 valence electrons. The van der Waals surface area contributed by atoms with E-state index in [9.17, 15) is 8.42 Å². The zero-order valence-corrected chi connectivity index (χ0v) is 10.2. The number of primary sulfonamides is 1. The van der Waals surface area contributed by atoms with Gasteiger partial charge in [0, 0.05) is 12.4 Å². The topological polar surface area (TPSA) is 127 Å². The van der Waals surface area contributed by atoms with Crippen molar-refractivity contribution < 1.29 is 8.42 Å². The number of rotatable bonds is 4. The van der Waals surface area contributed by atoms with Crippen molar-refractivity contribution in [1.82, 2.24) is 9.97 Å². The zero-order valence-electron chi connectivity index (χ0n) is 9.42. The highest BCUT2D eigenvalue weighted by molar-refractivity contribution is 7.89. The molecule has 0 aliphatic heterocycles. The molecule has 7 nitrogen and oxygen atoms in total. The van der Waals surface area contributed by atoms with Crippen LogP contribution >= 0.6 is 0 Å². The van der Waals surface area contributed by atoms with Crippen molar-refractivity contribution in [1.29, 1.82) is 0 Å². The van der Waals surface area contributed by atoms with Crippen LogP contribution in [0.1, 0.15) is 5.82 Å². The Morgan fingerprint density at radius 3 is 2.72 bits per heavy atom. The number of hydrogen-bond donors (Lipinski definition) is 4.